The molecule has 0 bridgehead atoms. The van der Waals surface area contributed by atoms with E-state index in [-0.39, 0.29) is 18.3 Å². The van der Waals surface area contributed by atoms with Gasteiger partial charge >= 0.3 is 0 Å². The monoisotopic (exact) mass is 269 g/mol. The Morgan fingerprint density at radius 1 is 1.33 bits per heavy atom. The molecule has 100 valence electrons. The lowest BCUT2D eigenvalue weighted by atomic mass is 9.94. The number of nitrogens with zero attached hydrogens (tertiary/aromatic N) is 2. The Morgan fingerprint density at radius 3 is 2.56 bits per heavy atom. The average Bonchev–Trinajstić information content (AvgIpc) is 2.39. The maximum atomic E-state index is 12.2. The normalized spacial score (nSPS) is 15.8. The summed E-state index contributed by atoms with van der Waals surface area (Å²) in [7, 11) is 1.87. The van der Waals surface area contributed by atoms with E-state index in [4.69, 9.17) is 5.73 Å². The highest BCUT2D eigenvalue weighted by Crippen LogP contribution is 2.22. The second kappa shape index (κ2) is 6.59. The molecule has 1 aliphatic rings. The van der Waals surface area contributed by atoms with E-state index in [9.17, 15) is 4.79 Å². The molecule has 1 aromatic heterocycles. The molecule has 0 radical (unpaired) electrons. The summed E-state index contributed by atoms with van der Waals surface area (Å²) in [4.78, 5) is 18.1. The van der Waals surface area contributed by atoms with Crippen LogP contribution in [0.15, 0.2) is 18.3 Å². The minimum atomic E-state index is -0.00287. The Labute approximate surface area is 114 Å². The van der Waals surface area contributed by atoms with Crippen molar-refractivity contribution in [3.8, 4) is 0 Å². The van der Waals surface area contributed by atoms with Crippen LogP contribution >= 0.6 is 12.4 Å². The van der Waals surface area contributed by atoms with Crippen molar-refractivity contribution in [1.29, 1.82) is 0 Å². The lowest BCUT2D eigenvalue weighted by Crippen LogP contribution is -2.38. The fourth-order valence-electron chi connectivity index (χ4n) is 2.35. The molecule has 0 aromatic carbocycles. The van der Waals surface area contributed by atoms with Crippen LogP contribution in [0.1, 0.15) is 42.6 Å². The van der Waals surface area contributed by atoms with Crippen LogP contribution in [0.5, 0.6) is 0 Å². The lowest BCUT2D eigenvalue weighted by Gasteiger charge is -2.31. The smallest absolute Gasteiger partial charge is 0.272 e. The summed E-state index contributed by atoms with van der Waals surface area (Å²) in [6.07, 6.45) is 7.48. The number of carbonyl (C=O) groups is 1. The molecule has 2 N–H and O–H groups in total. The van der Waals surface area contributed by atoms with Gasteiger partial charge in [0, 0.05) is 13.1 Å². The maximum absolute atomic E-state index is 12.2. The number of anilines is 1. The van der Waals surface area contributed by atoms with Crippen molar-refractivity contribution in [2.24, 2.45) is 0 Å². The van der Waals surface area contributed by atoms with Crippen LogP contribution in [0.3, 0.4) is 0 Å². The van der Waals surface area contributed by atoms with Crippen LogP contribution < -0.4 is 5.73 Å². The summed E-state index contributed by atoms with van der Waals surface area (Å²) in [5.74, 6) is -0.00287. The van der Waals surface area contributed by atoms with Gasteiger partial charge in [-0.05, 0) is 25.0 Å². The minimum absolute atomic E-state index is 0. The van der Waals surface area contributed by atoms with Crippen molar-refractivity contribution >= 4 is 24.0 Å². The molecule has 18 heavy (non-hydrogen) atoms. The highest BCUT2D eigenvalue weighted by atomic mass is 35.5. The summed E-state index contributed by atoms with van der Waals surface area (Å²) in [5, 5.41) is 0. The second-order valence-corrected chi connectivity index (χ2v) is 4.68. The van der Waals surface area contributed by atoms with Gasteiger partial charge in [0.1, 0.15) is 5.69 Å². The van der Waals surface area contributed by atoms with Gasteiger partial charge in [0.2, 0.25) is 0 Å². The number of nitrogens with two attached hydrogens (primary N) is 1. The summed E-state index contributed by atoms with van der Waals surface area (Å²) in [6, 6.07) is 3.78. The fourth-order valence-corrected chi connectivity index (χ4v) is 2.35. The molecule has 1 amide bonds. The first kappa shape index (κ1) is 14.8. The van der Waals surface area contributed by atoms with E-state index >= 15 is 0 Å². The molecule has 0 unspecified atom stereocenters. The molecule has 5 heteroatoms. The van der Waals surface area contributed by atoms with Gasteiger partial charge in [0.15, 0.2) is 0 Å². The molecule has 1 heterocycles. The van der Waals surface area contributed by atoms with Crippen LogP contribution in [0.4, 0.5) is 5.69 Å². The van der Waals surface area contributed by atoms with Gasteiger partial charge in [-0.25, -0.2) is 4.98 Å². The Balaban J connectivity index is 0.00000162. The van der Waals surface area contributed by atoms with Crippen molar-refractivity contribution in [1.82, 2.24) is 9.88 Å². The van der Waals surface area contributed by atoms with E-state index in [1.165, 1.54) is 25.5 Å². The van der Waals surface area contributed by atoms with Crippen LogP contribution in [0, 0.1) is 0 Å². The zero-order valence-electron chi connectivity index (χ0n) is 10.6. The van der Waals surface area contributed by atoms with E-state index < -0.39 is 0 Å². The maximum Gasteiger partial charge on any atom is 0.272 e. The average molecular weight is 270 g/mol. The van der Waals surface area contributed by atoms with Crippen molar-refractivity contribution < 1.29 is 4.79 Å². The molecule has 0 aliphatic heterocycles. The summed E-state index contributed by atoms with van der Waals surface area (Å²) >= 11 is 0. The highest BCUT2D eigenvalue weighted by Gasteiger charge is 2.23. The van der Waals surface area contributed by atoms with Gasteiger partial charge in [0.05, 0.1) is 11.9 Å². The minimum Gasteiger partial charge on any atom is -0.397 e. The quantitative estimate of drug-likeness (QED) is 0.897. The van der Waals surface area contributed by atoms with E-state index in [2.05, 4.69) is 4.98 Å². The SMILES string of the molecule is CN(C(=O)c1ccc(N)cn1)C1CCCCC1.Cl. The lowest BCUT2D eigenvalue weighted by molar-refractivity contribution is 0.0690. The molecular formula is C13H20ClN3O. The van der Waals surface area contributed by atoms with Gasteiger partial charge in [-0.1, -0.05) is 19.3 Å². The van der Waals surface area contributed by atoms with Crippen LogP contribution in [0.25, 0.3) is 0 Å². The molecule has 1 aromatic rings. The number of aromatic nitrogens is 1. The molecule has 2 rings (SSSR count). The summed E-state index contributed by atoms with van der Waals surface area (Å²) < 4.78 is 0. The molecular weight excluding hydrogens is 250 g/mol. The van der Waals surface area contributed by atoms with Gasteiger partial charge < -0.3 is 10.6 Å². The first-order chi connectivity index (χ1) is 8.18. The third-order valence-electron chi connectivity index (χ3n) is 3.45. The third-order valence-corrected chi connectivity index (χ3v) is 3.45. The van der Waals surface area contributed by atoms with Gasteiger partial charge in [0.25, 0.3) is 5.91 Å². The number of halogens is 1. The molecule has 1 saturated carbocycles. The van der Waals surface area contributed by atoms with Crippen LogP contribution in [-0.4, -0.2) is 28.9 Å². The second-order valence-electron chi connectivity index (χ2n) is 4.68. The van der Waals surface area contributed by atoms with Crippen LogP contribution in [-0.2, 0) is 0 Å². The zero-order valence-corrected chi connectivity index (χ0v) is 11.4. The highest BCUT2D eigenvalue weighted by molar-refractivity contribution is 5.92. The Hall–Kier alpha value is -1.29. The topological polar surface area (TPSA) is 59.2 Å². The number of rotatable bonds is 2. The Bertz CT molecular complexity index is 388. The summed E-state index contributed by atoms with van der Waals surface area (Å²) in [6.45, 7) is 0. The zero-order chi connectivity index (χ0) is 12.3. The number of carbonyl (C=O) groups excluding carboxylic acids is 1. The number of nitrogen functional groups attached to an aromatic ring is 1. The first-order valence-electron chi connectivity index (χ1n) is 6.17. The number of hydrogen-bond donors (Lipinski definition) is 1. The van der Waals surface area contributed by atoms with E-state index in [0.29, 0.717) is 17.4 Å². The molecule has 1 aliphatic carbocycles. The molecule has 0 spiro atoms. The predicted molar refractivity (Wildman–Crippen MR) is 74.9 cm³/mol. The van der Waals surface area contributed by atoms with Crippen LogP contribution in [0.2, 0.25) is 0 Å². The molecule has 4 nitrogen and oxygen atoms in total. The molecule has 0 saturated heterocycles. The molecule has 0 atom stereocenters. The van der Waals surface area contributed by atoms with Crippen molar-refractivity contribution in [3.63, 3.8) is 0 Å². The van der Waals surface area contributed by atoms with Crippen molar-refractivity contribution in [2.75, 3.05) is 12.8 Å². The van der Waals surface area contributed by atoms with Gasteiger partial charge in [-0.3, -0.25) is 4.79 Å². The number of amides is 1. The van der Waals surface area contributed by atoms with Gasteiger partial charge in [-0.15, -0.1) is 12.4 Å². The fraction of sp³-hybridized carbons (Fsp3) is 0.538. The Kier molecular flexibility index (Phi) is 5.41. The van der Waals surface area contributed by atoms with E-state index in [1.54, 1.807) is 12.1 Å². The van der Waals surface area contributed by atoms with Crippen molar-refractivity contribution in [2.45, 2.75) is 38.1 Å². The number of hydrogen-bond acceptors (Lipinski definition) is 3. The first-order valence-corrected chi connectivity index (χ1v) is 6.17. The third kappa shape index (κ3) is 3.35. The largest absolute Gasteiger partial charge is 0.397 e. The van der Waals surface area contributed by atoms with E-state index in [1.807, 2.05) is 11.9 Å². The Morgan fingerprint density at radius 2 is 2.00 bits per heavy atom. The van der Waals surface area contributed by atoms with Gasteiger partial charge in [-0.2, -0.15) is 0 Å². The molecule has 1 fully saturated rings. The summed E-state index contributed by atoms with van der Waals surface area (Å²) in [5.41, 5.74) is 6.62. The van der Waals surface area contributed by atoms with E-state index in [0.717, 1.165) is 12.8 Å². The predicted octanol–water partition coefficient (Wildman–Crippen LogP) is 2.49. The van der Waals surface area contributed by atoms with Crippen molar-refractivity contribution in [3.05, 3.63) is 24.0 Å². The number of pyridine rings is 1. The standard InChI is InChI=1S/C13H19N3O.ClH/c1-16(11-5-3-2-4-6-11)13(17)12-8-7-10(14)9-15-12;/h7-9,11H,2-6,14H2,1H3;1H.